The van der Waals surface area contributed by atoms with E-state index in [2.05, 4.69) is 32.7 Å². The molecule has 0 bridgehead atoms. The largest absolute Gasteiger partial charge is 0.477 e. The SMILES string of the molecule is CCCCOc1nc(C)c(C)c(C)c1C. The molecule has 2 heteroatoms. The van der Waals surface area contributed by atoms with Crippen molar-refractivity contribution in [2.45, 2.75) is 47.5 Å². The lowest BCUT2D eigenvalue weighted by Gasteiger charge is -2.13. The normalized spacial score (nSPS) is 10.5. The fourth-order valence-electron chi connectivity index (χ4n) is 1.49. The molecule has 0 atom stereocenters. The summed E-state index contributed by atoms with van der Waals surface area (Å²) < 4.78 is 5.68. The van der Waals surface area contributed by atoms with Crippen LogP contribution in [0.2, 0.25) is 0 Å². The first kappa shape index (κ1) is 12.0. The Kier molecular flexibility index (Phi) is 4.13. The summed E-state index contributed by atoms with van der Waals surface area (Å²) in [5.74, 6) is 0.809. The summed E-state index contributed by atoms with van der Waals surface area (Å²) in [5, 5.41) is 0. The Bertz CT molecular complexity index is 345. The number of aromatic nitrogens is 1. The van der Waals surface area contributed by atoms with Crippen LogP contribution in [-0.2, 0) is 0 Å². The predicted molar refractivity (Wildman–Crippen MR) is 63.6 cm³/mol. The molecule has 0 N–H and O–H groups in total. The van der Waals surface area contributed by atoms with E-state index in [4.69, 9.17) is 4.74 Å². The van der Waals surface area contributed by atoms with E-state index in [1.54, 1.807) is 0 Å². The Labute approximate surface area is 92.7 Å². The molecule has 0 aliphatic carbocycles. The molecule has 84 valence electrons. The molecule has 15 heavy (non-hydrogen) atoms. The highest BCUT2D eigenvalue weighted by molar-refractivity contribution is 5.40. The number of nitrogens with zero attached hydrogens (tertiary/aromatic N) is 1. The van der Waals surface area contributed by atoms with Gasteiger partial charge in [0.25, 0.3) is 0 Å². The van der Waals surface area contributed by atoms with Crippen LogP contribution >= 0.6 is 0 Å². The van der Waals surface area contributed by atoms with Gasteiger partial charge in [0.05, 0.1) is 6.61 Å². The van der Waals surface area contributed by atoms with E-state index in [9.17, 15) is 0 Å². The molecule has 0 amide bonds. The Balaban J connectivity index is 2.89. The minimum Gasteiger partial charge on any atom is -0.477 e. The molecule has 2 nitrogen and oxygen atoms in total. The molecule has 0 fully saturated rings. The van der Waals surface area contributed by atoms with Gasteiger partial charge in [0.1, 0.15) is 0 Å². The Morgan fingerprint density at radius 3 is 2.27 bits per heavy atom. The highest BCUT2D eigenvalue weighted by Gasteiger charge is 2.09. The zero-order chi connectivity index (χ0) is 11.4. The summed E-state index contributed by atoms with van der Waals surface area (Å²) in [4.78, 5) is 4.48. The van der Waals surface area contributed by atoms with E-state index < -0.39 is 0 Å². The number of rotatable bonds is 4. The molecule has 0 aromatic carbocycles. The second-order valence-corrected chi connectivity index (χ2v) is 4.08. The third kappa shape index (κ3) is 2.71. The van der Waals surface area contributed by atoms with Gasteiger partial charge in [-0.1, -0.05) is 13.3 Å². The molecule has 0 aliphatic rings. The van der Waals surface area contributed by atoms with Crippen LogP contribution in [0.15, 0.2) is 0 Å². The van der Waals surface area contributed by atoms with Crippen LogP contribution in [0.4, 0.5) is 0 Å². The zero-order valence-corrected chi connectivity index (χ0v) is 10.5. The lowest BCUT2D eigenvalue weighted by molar-refractivity contribution is 0.294. The van der Waals surface area contributed by atoms with Crippen LogP contribution in [0.25, 0.3) is 0 Å². The third-order valence-corrected chi connectivity index (χ3v) is 2.99. The summed E-state index contributed by atoms with van der Waals surface area (Å²) in [6.07, 6.45) is 2.25. The molecule has 1 aromatic heterocycles. The third-order valence-electron chi connectivity index (χ3n) is 2.99. The quantitative estimate of drug-likeness (QED) is 0.705. The van der Waals surface area contributed by atoms with Gasteiger partial charge in [0.2, 0.25) is 5.88 Å². The molecular formula is C13H21NO. The van der Waals surface area contributed by atoms with Crippen molar-refractivity contribution in [1.29, 1.82) is 0 Å². The topological polar surface area (TPSA) is 22.1 Å². The maximum Gasteiger partial charge on any atom is 0.216 e. The van der Waals surface area contributed by atoms with E-state index >= 15 is 0 Å². The second kappa shape index (κ2) is 5.15. The fraction of sp³-hybridized carbons (Fsp3) is 0.615. The maximum atomic E-state index is 5.68. The molecule has 0 unspecified atom stereocenters. The smallest absolute Gasteiger partial charge is 0.216 e. The molecule has 1 heterocycles. The van der Waals surface area contributed by atoms with Crippen LogP contribution in [0.3, 0.4) is 0 Å². The Morgan fingerprint density at radius 2 is 1.67 bits per heavy atom. The van der Waals surface area contributed by atoms with Gasteiger partial charge >= 0.3 is 0 Å². The van der Waals surface area contributed by atoms with Crippen LogP contribution in [0.5, 0.6) is 5.88 Å². The van der Waals surface area contributed by atoms with Crippen LogP contribution < -0.4 is 4.74 Å². The Morgan fingerprint density at radius 1 is 1.00 bits per heavy atom. The predicted octanol–water partition coefficient (Wildman–Crippen LogP) is 3.49. The van der Waals surface area contributed by atoms with Crippen LogP contribution in [0.1, 0.15) is 42.1 Å². The average Bonchev–Trinajstić information content (AvgIpc) is 2.23. The second-order valence-electron chi connectivity index (χ2n) is 4.08. The summed E-state index contributed by atoms with van der Waals surface area (Å²) in [6.45, 7) is 11.3. The van der Waals surface area contributed by atoms with Crippen LogP contribution in [0, 0.1) is 27.7 Å². The highest BCUT2D eigenvalue weighted by Crippen LogP contribution is 2.23. The van der Waals surface area contributed by atoms with E-state index in [0.717, 1.165) is 31.0 Å². The van der Waals surface area contributed by atoms with Gasteiger partial charge in [-0.05, 0) is 45.2 Å². The van der Waals surface area contributed by atoms with Crippen molar-refractivity contribution in [2.24, 2.45) is 0 Å². The van der Waals surface area contributed by atoms with Crippen molar-refractivity contribution in [1.82, 2.24) is 4.98 Å². The van der Waals surface area contributed by atoms with Crippen molar-refractivity contribution in [3.8, 4) is 5.88 Å². The number of ether oxygens (including phenoxy) is 1. The lowest BCUT2D eigenvalue weighted by Crippen LogP contribution is -2.04. The van der Waals surface area contributed by atoms with E-state index in [1.807, 2.05) is 6.92 Å². The average molecular weight is 207 g/mol. The summed E-state index contributed by atoms with van der Waals surface area (Å²) in [5.41, 5.74) is 4.82. The van der Waals surface area contributed by atoms with Crippen molar-refractivity contribution >= 4 is 0 Å². The van der Waals surface area contributed by atoms with Gasteiger partial charge in [0, 0.05) is 11.3 Å². The first-order valence-corrected chi connectivity index (χ1v) is 5.65. The standard InChI is InChI=1S/C13H21NO/c1-6-7-8-15-13-11(4)9(2)10(3)12(5)14-13/h6-8H2,1-5H3. The van der Waals surface area contributed by atoms with Gasteiger partial charge < -0.3 is 4.74 Å². The first-order chi connectivity index (χ1) is 7.07. The highest BCUT2D eigenvalue weighted by atomic mass is 16.5. The molecule has 0 aliphatic heterocycles. The van der Waals surface area contributed by atoms with Crippen molar-refractivity contribution in [2.75, 3.05) is 6.61 Å². The first-order valence-electron chi connectivity index (χ1n) is 5.65. The molecule has 1 rings (SSSR count). The van der Waals surface area contributed by atoms with E-state index in [0.29, 0.717) is 0 Å². The fourth-order valence-corrected chi connectivity index (χ4v) is 1.49. The van der Waals surface area contributed by atoms with Crippen molar-refractivity contribution in [3.63, 3.8) is 0 Å². The summed E-state index contributed by atoms with van der Waals surface area (Å²) in [7, 11) is 0. The number of unbranched alkanes of at least 4 members (excludes halogenated alkanes) is 1. The maximum absolute atomic E-state index is 5.68. The van der Waals surface area contributed by atoms with E-state index in [1.165, 1.54) is 16.7 Å². The van der Waals surface area contributed by atoms with Gasteiger partial charge in [-0.3, -0.25) is 0 Å². The minimum atomic E-state index is 0.770. The minimum absolute atomic E-state index is 0.770. The molecule has 1 aromatic rings. The molecule has 0 spiro atoms. The molecule has 0 saturated carbocycles. The lowest BCUT2D eigenvalue weighted by atomic mass is 10.1. The number of hydrogen-bond acceptors (Lipinski definition) is 2. The number of aryl methyl sites for hydroxylation is 1. The molecule has 0 saturated heterocycles. The number of pyridine rings is 1. The van der Waals surface area contributed by atoms with Gasteiger partial charge in [0.15, 0.2) is 0 Å². The number of hydrogen-bond donors (Lipinski definition) is 0. The molecule has 0 radical (unpaired) electrons. The summed E-state index contributed by atoms with van der Waals surface area (Å²) >= 11 is 0. The Hall–Kier alpha value is -1.05. The van der Waals surface area contributed by atoms with Crippen molar-refractivity contribution < 1.29 is 4.74 Å². The van der Waals surface area contributed by atoms with Gasteiger partial charge in [-0.15, -0.1) is 0 Å². The molecular weight excluding hydrogens is 186 g/mol. The van der Waals surface area contributed by atoms with Crippen molar-refractivity contribution in [3.05, 3.63) is 22.4 Å². The van der Waals surface area contributed by atoms with Gasteiger partial charge in [-0.2, -0.15) is 0 Å². The zero-order valence-electron chi connectivity index (χ0n) is 10.5. The van der Waals surface area contributed by atoms with Crippen LogP contribution in [-0.4, -0.2) is 11.6 Å². The summed E-state index contributed by atoms with van der Waals surface area (Å²) in [6, 6.07) is 0. The van der Waals surface area contributed by atoms with E-state index in [-0.39, 0.29) is 0 Å². The monoisotopic (exact) mass is 207 g/mol. The van der Waals surface area contributed by atoms with Gasteiger partial charge in [-0.25, -0.2) is 4.98 Å².